The van der Waals surface area contributed by atoms with Gasteiger partial charge in [-0.2, -0.15) is 13.4 Å². The zero-order valence-electron chi connectivity index (χ0n) is 19.6. The number of anilines is 4. The average Bonchev–Trinajstić information content (AvgIpc) is 3.24. The number of hydrogen-bond donors (Lipinski definition) is 8. The van der Waals surface area contributed by atoms with Crippen molar-refractivity contribution >= 4 is 51.4 Å². The number of aliphatic carboxylic acids is 2. The van der Waals surface area contributed by atoms with Crippen molar-refractivity contribution in [3.8, 4) is 0 Å². The van der Waals surface area contributed by atoms with Crippen molar-refractivity contribution in [1.82, 2.24) is 15.3 Å². The van der Waals surface area contributed by atoms with E-state index in [0.717, 1.165) is 5.69 Å². The Morgan fingerprint density at radius 2 is 1.82 bits per heavy atom. The highest BCUT2D eigenvalue weighted by atomic mass is 32.3. The molecule has 38 heavy (non-hydrogen) atoms. The van der Waals surface area contributed by atoms with Crippen LogP contribution in [-0.2, 0) is 20.0 Å². The van der Waals surface area contributed by atoms with Crippen LogP contribution >= 0.6 is 0 Å². The van der Waals surface area contributed by atoms with Crippen LogP contribution in [0, 0.1) is 0 Å². The summed E-state index contributed by atoms with van der Waals surface area (Å²) in [6, 6.07) is 5.35. The molecule has 0 spiro atoms. The van der Waals surface area contributed by atoms with Crippen LogP contribution in [-0.4, -0.2) is 87.4 Å². The zero-order valence-corrected chi connectivity index (χ0v) is 20.4. The standard InChI is InChI=1S/C20H23N7O6.H2O4S/c21-20-24-16-15(18(31)25-20)27-9-26(8-12(27)7-22-16)11-3-1-10(2-4-11)17(30)23-13(19(32)33)5-6-14(28)29;1-5(2,3)4/h1-4,12-13H,5-9H2,(H,23,30)(H,28,29)(H,32,33)(H4,21,22,24,25,31);(H2,1,2,3,4)/t12-,13?;/m1./s1. The van der Waals surface area contributed by atoms with E-state index < -0.39 is 34.3 Å². The lowest BCUT2D eigenvalue weighted by Gasteiger charge is -2.31. The molecule has 2 aromatic rings. The first kappa shape index (κ1) is 28.2. The van der Waals surface area contributed by atoms with Crippen LogP contribution in [0.5, 0.6) is 0 Å². The molecule has 0 radical (unpaired) electrons. The van der Waals surface area contributed by atoms with Gasteiger partial charge < -0.3 is 36.4 Å². The fourth-order valence-electron chi connectivity index (χ4n) is 4.00. The molecule has 0 saturated carbocycles. The van der Waals surface area contributed by atoms with Gasteiger partial charge in [-0.05, 0) is 30.7 Å². The number of fused-ring (bicyclic) bond motifs is 3. The summed E-state index contributed by atoms with van der Waals surface area (Å²) in [6.45, 7) is 1.67. The van der Waals surface area contributed by atoms with Gasteiger partial charge in [-0.1, -0.05) is 0 Å². The highest BCUT2D eigenvalue weighted by Gasteiger charge is 2.37. The topological polar surface area (TPSA) is 269 Å². The van der Waals surface area contributed by atoms with Crippen LogP contribution in [0.2, 0.25) is 0 Å². The van der Waals surface area contributed by atoms with E-state index in [2.05, 4.69) is 20.6 Å². The number of H-pyrrole nitrogens is 1. The molecule has 4 rings (SSSR count). The zero-order chi connectivity index (χ0) is 28.2. The van der Waals surface area contributed by atoms with Gasteiger partial charge in [-0.25, -0.2) is 4.79 Å². The van der Waals surface area contributed by atoms with Crippen molar-refractivity contribution in [2.45, 2.75) is 24.9 Å². The molecule has 1 unspecified atom stereocenters. The summed E-state index contributed by atoms with van der Waals surface area (Å²) in [7, 11) is -4.67. The van der Waals surface area contributed by atoms with E-state index in [1.807, 2.05) is 9.80 Å². The minimum Gasteiger partial charge on any atom is -0.481 e. The molecule has 2 aliphatic rings. The Morgan fingerprint density at radius 3 is 2.39 bits per heavy atom. The summed E-state index contributed by atoms with van der Waals surface area (Å²) in [6.07, 6.45) is -0.583. The monoisotopic (exact) mass is 555 g/mol. The molecule has 2 aliphatic heterocycles. The maximum Gasteiger partial charge on any atom is 0.394 e. The van der Waals surface area contributed by atoms with Crippen LogP contribution in [0.3, 0.4) is 0 Å². The number of nitrogens with zero attached hydrogens (tertiary/aromatic N) is 3. The lowest BCUT2D eigenvalue weighted by Crippen LogP contribution is -2.44. The van der Waals surface area contributed by atoms with Crippen LogP contribution < -0.4 is 31.7 Å². The van der Waals surface area contributed by atoms with E-state index in [9.17, 15) is 24.3 Å². The second-order valence-electron chi connectivity index (χ2n) is 8.31. The summed E-state index contributed by atoms with van der Waals surface area (Å²) >= 11 is 0. The van der Waals surface area contributed by atoms with Crippen molar-refractivity contribution in [2.75, 3.05) is 40.6 Å². The first-order valence-electron chi connectivity index (χ1n) is 10.9. The molecule has 17 nitrogen and oxygen atoms in total. The SMILES string of the molecule is Nc1nc2c(c(=O)[nH]1)N1CN(c3ccc(C(=O)NC(CCC(=O)O)C(=O)O)cc3)C[C@H]1CN2.O=S(=O)(O)O. The first-order chi connectivity index (χ1) is 17.7. The Balaban J connectivity index is 0.000000732. The predicted octanol–water partition coefficient (Wildman–Crippen LogP) is -1.17. The molecule has 3 heterocycles. The first-order valence-corrected chi connectivity index (χ1v) is 12.3. The molecular weight excluding hydrogens is 530 g/mol. The van der Waals surface area contributed by atoms with E-state index in [-0.39, 0.29) is 36.0 Å². The van der Waals surface area contributed by atoms with Gasteiger partial charge in [0.1, 0.15) is 11.7 Å². The highest BCUT2D eigenvalue weighted by molar-refractivity contribution is 7.79. The number of carboxylic acids is 2. The van der Waals surface area contributed by atoms with Gasteiger partial charge >= 0.3 is 22.3 Å². The van der Waals surface area contributed by atoms with E-state index >= 15 is 0 Å². The van der Waals surface area contributed by atoms with Crippen molar-refractivity contribution in [3.05, 3.63) is 40.2 Å². The molecule has 1 aromatic carbocycles. The van der Waals surface area contributed by atoms with Gasteiger partial charge in [0.2, 0.25) is 5.95 Å². The molecule has 18 heteroatoms. The minimum atomic E-state index is -4.67. The van der Waals surface area contributed by atoms with Crippen molar-refractivity contribution in [3.63, 3.8) is 0 Å². The van der Waals surface area contributed by atoms with Crippen LogP contribution in [0.25, 0.3) is 0 Å². The number of rotatable bonds is 7. The van der Waals surface area contributed by atoms with Gasteiger partial charge in [0.15, 0.2) is 5.82 Å². The van der Waals surface area contributed by atoms with Gasteiger partial charge in [-0.3, -0.25) is 28.5 Å². The largest absolute Gasteiger partial charge is 0.481 e. The molecule has 1 aromatic heterocycles. The Hall–Kier alpha value is -4.42. The number of benzene rings is 1. The maximum absolute atomic E-state index is 12.4. The van der Waals surface area contributed by atoms with Gasteiger partial charge in [0.25, 0.3) is 11.5 Å². The third-order valence-corrected chi connectivity index (χ3v) is 5.65. The Bertz CT molecular complexity index is 1370. The number of aromatic amines is 1. The number of nitrogen functional groups attached to an aromatic ring is 1. The van der Waals surface area contributed by atoms with Crippen LogP contribution in [0.4, 0.5) is 23.1 Å². The molecular formula is C20H25N7O10S. The Morgan fingerprint density at radius 1 is 1.18 bits per heavy atom. The number of hydrogen-bond acceptors (Lipinski definition) is 11. The molecule has 1 saturated heterocycles. The smallest absolute Gasteiger partial charge is 0.394 e. The highest BCUT2D eigenvalue weighted by Crippen LogP contribution is 2.32. The summed E-state index contributed by atoms with van der Waals surface area (Å²) < 4.78 is 31.6. The second-order valence-corrected chi connectivity index (χ2v) is 9.20. The average molecular weight is 556 g/mol. The van der Waals surface area contributed by atoms with Gasteiger partial charge in [0, 0.05) is 30.8 Å². The van der Waals surface area contributed by atoms with E-state index in [4.69, 9.17) is 28.4 Å². The molecule has 2 atom stereocenters. The number of nitrogens with two attached hydrogens (primary N) is 1. The molecule has 0 aliphatic carbocycles. The third-order valence-electron chi connectivity index (χ3n) is 5.65. The second kappa shape index (κ2) is 11.3. The van der Waals surface area contributed by atoms with E-state index in [0.29, 0.717) is 31.3 Å². The molecule has 1 amide bonds. The quantitative estimate of drug-likeness (QED) is 0.187. The number of carbonyl (C=O) groups is 3. The van der Waals surface area contributed by atoms with Gasteiger partial charge in [-0.15, -0.1) is 0 Å². The summed E-state index contributed by atoms with van der Waals surface area (Å²) in [5.74, 6) is -2.55. The molecule has 1 fully saturated rings. The summed E-state index contributed by atoms with van der Waals surface area (Å²) in [4.78, 5) is 57.5. The maximum atomic E-state index is 12.4. The Kier molecular flexibility index (Phi) is 8.39. The number of aromatic nitrogens is 2. The molecule has 0 bridgehead atoms. The minimum absolute atomic E-state index is 0.0394. The molecule has 206 valence electrons. The fraction of sp³-hybridized carbons (Fsp3) is 0.350. The number of nitrogens with one attached hydrogen (secondary N) is 3. The Labute approximate surface area is 214 Å². The lowest BCUT2D eigenvalue weighted by molar-refractivity contribution is -0.140. The van der Waals surface area contributed by atoms with E-state index in [1.54, 1.807) is 24.3 Å². The van der Waals surface area contributed by atoms with Crippen molar-refractivity contribution < 1.29 is 42.1 Å². The van der Waals surface area contributed by atoms with Crippen molar-refractivity contribution in [1.29, 1.82) is 0 Å². The normalized spacial score (nSPS) is 16.7. The predicted molar refractivity (Wildman–Crippen MR) is 133 cm³/mol. The number of carbonyl (C=O) groups excluding carboxylic acids is 1. The lowest BCUT2D eigenvalue weighted by atomic mass is 10.1. The third kappa shape index (κ3) is 7.31. The fourth-order valence-corrected chi connectivity index (χ4v) is 4.00. The number of amides is 1. The summed E-state index contributed by atoms with van der Waals surface area (Å²) in [5, 5.41) is 23.4. The van der Waals surface area contributed by atoms with E-state index in [1.165, 1.54) is 0 Å². The van der Waals surface area contributed by atoms with Gasteiger partial charge in [0.05, 0.1) is 12.7 Å². The van der Waals surface area contributed by atoms with Crippen LogP contribution in [0.15, 0.2) is 29.1 Å². The van der Waals surface area contributed by atoms with Crippen molar-refractivity contribution in [2.24, 2.45) is 0 Å². The molecule has 9 N–H and O–H groups in total. The van der Waals surface area contributed by atoms with Crippen LogP contribution in [0.1, 0.15) is 23.2 Å². The number of carboxylic acid groups (broad SMARTS) is 2. The summed E-state index contributed by atoms with van der Waals surface area (Å²) in [5.41, 5.74) is 6.81.